The van der Waals surface area contributed by atoms with E-state index in [1.165, 1.54) is 11.3 Å². The lowest BCUT2D eigenvalue weighted by atomic mass is 10.0. The number of methoxy groups -OCH3 is 1. The van der Waals surface area contributed by atoms with Crippen LogP contribution in [0.25, 0.3) is 0 Å². The van der Waals surface area contributed by atoms with Crippen LogP contribution in [-0.4, -0.2) is 45.3 Å². The SMILES string of the molecule is COc1c(C2CCCN2C(C)C(=O)Nc2nccs2)c(C)nn1C. The topological polar surface area (TPSA) is 72.3 Å². The molecular weight excluding hydrogens is 326 g/mol. The third kappa shape index (κ3) is 3.03. The van der Waals surface area contributed by atoms with Crippen molar-refractivity contribution in [1.29, 1.82) is 0 Å². The van der Waals surface area contributed by atoms with E-state index < -0.39 is 0 Å². The number of anilines is 1. The Morgan fingerprint density at radius 1 is 1.54 bits per heavy atom. The summed E-state index contributed by atoms with van der Waals surface area (Å²) in [4.78, 5) is 18.9. The maximum absolute atomic E-state index is 12.6. The molecule has 0 radical (unpaired) electrons. The van der Waals surface area contributed by atoms with Crippen molar-refractivity contribution in [2.75, 3.05) is 19.0 Å². The first-order chi connectivity index (χ1) is 11.5. The summed E-state index contributed by atoms with van der Waals surface area (Å²) in [7, 11) is 3.55. The van der Waals surface area contributed by atoms with Crippen molar-refractivity contribution in [1.82, 2.24) is 19.7 Å². The van der Waals surface area contributed by atoms with Gasteiger partial charge in [-0.05, 0) is 33.2 Å². The zero-order valence-corrected chi connectivity index (χ0v) is 15.3. The number of likely N-dealkylation sites (tertiary alicyclic amines) is 1. The van der Waals surface area contributed by atoms with Gasteiger partial charge >= 0.3 is 0 Å². The zero-order valence-electron chi connectivity index (χ0n) is 14.4. The highest BCUT2D eigenvalue weighted by Gasteiger charge is 2.37. The van der Waals surface area contributed by atoms with Crippen LogP contribution in [0.3, 0.4) is 0 Å². The van der Waals surface area contributed by atoms with Gasteiger partial charge in [0.05, 0.1) is 24.4 Å². The lowest BCUT2D eigenvalue weighted by Gasteiger charge is -2.29. The summed E-state index contributed by atoms with van der Waals surface area (Å²) in [6.07, 6.45) is 3.74. The Morgan fingerprint density at radius 2 is 2.33 bits per heavy atom. The van der Waals surface area contributed by atoms with E-state index in [-0.39, 0.29) is 18.0 Å². The molecule has 130 valence electrons. The van der Waals surface area contributed by atoms with Crippen LogP contribution < -0.4 is 10.1 Å². The van der Waals surface area contributed by atoms with E-state index in [2.05, 4.69) is 20.3 Å². The molecule has 1 aliphatic rings. The molecule has 1 N–H and O–H groups in total. The van der Waals surface area contributed by atoms with Gasteiger partial charge in [-0.15, -0.1) is 11.3 Å². The average molecular weight is 349 g/mol. The second-order valence-electron chi connectivity index (χ2n) is 6.03. The summed E-state index contributed by atoms with van der Waals surface area (Å²) in [6.45, 7) is 4.82. The van der Waals surface area contributed by atoms with Crippen LogP contribution in [0, 0.1) is 6.92 Å². The third-order valence-corrected chi connectivity index (χ3v) is 5.26. The Morgan fingerprint density at radius 3 is 3.00 bits per heavy atom. The summed E-state index contributed by atoms with van der Waals surface area (Å²) in [5, 5.41) is 9.86. The van der Waals surface area contributed by atoms with Gasteiger partial charge in [-0.1, -0.05) is 0 Å². The number of nitrogens with zero attached hydrogens (tertiary/aromatic N) is 4. The largest absolute Gasteiger partial charge is 0.481 e. The Bertz CT molecular complexity index is 712. The van der Waals surface area contributed by atoms with E-state index in [0.29, 0.717) is 5.13 Å². The molecule has 1 fully saturated rings. The van der Waals surface area contributed by atoms with Crippen molar-refractivity contribution in [3.8, 4) is 5.88 Å². The van der Waals surface area contributed by atoms with Crippen LogP contribution >= 0.6 is 11.3 Å². The number of aromatic nitrogens is 3. The summed E-state index contributed by atoms with van der Waals surface area (Å²) < 4.78 is 7.31. The fourth-order valence-corrected chi connectivity index (χ4v) is 4.02. The van der Waals surface area contributed by atoms with E-state index >= 15 is 0 Å². The van der Waals surface area contributed by atoms with E-state index in [0.717, 1.165) is 36.5 Å². The van der Waals surface area contributed by atoms with Crippen LogP contribution in [0.15, 0.2) is 11.6 Å². The quantitative estimate of drug-likeness (QED) is 0.897. The normalized spacial score (nSPS) is 19.4. The van der Waals surface area contributed by atoms with Gasteiger partial charge in [-0.2, -0.15) is 5.10 Å². The van der Waals surface area contributed by atoms with E-state index in [1.807, 2.05) is 26.3 Å². The highest BCUT2D eigenvalue weighted by molar-refractivity contribution is 7.13. The molecule has 0 bridgehead atoms. The van der Waals surface area contributed by atoms with Crippen LogP contribution in [0.5, 0.6) is 5.88 Å². The lowest BCUT2D eigenvalue weighted by Crippen LogP contribution is -2.41. The fraction of sp³-hybridized carbons (Fsp3) is 0.562. The molecule has 0 aliphatic carbocycles. The van der Waals surface area contributed by atoms with Gasteiger partial charge in [-0.25, -0.2) is 9.67 Å². The van der Waals surface area contributed by atoms with Gasteiger partial charge in [0.2, 0.25) is 11.8 Å². The lowest BCUT2D eigenvalue weighted by molar-refractivity contribution is -0.121. The zero-order chi connectivity index (χ0) is 17.3. The predicted molar refractivity (Wildman–Crippen MR) is 93.4 cm³/mol. The second kappa shape index (κ2) is 6.90. The van der Waals surface area contributed by atoms with E-state index in [1.54, 1.807) is 18.0 Å². The first kappa shape index (κ1) is 16.9. The maximum Gasteiger partial charge on any atom is 0.243 e. The monoisotopic (exact) mass is 349 g/mol. The van der Waals surface area contributed by atoms with Crippen molar-refractivity contribution >= 4 is 22.4 Å². The van der Waals surface area contributed by atoms with Crippen molar-refractivity contribution in [3.63, 3.8) is 0 Å². The molecule has 0 aromatic carbocycles. The number of ether oxygens (including phenoxy) is 1. The minimum Gasteiger partial charge on any atom is -0.481 e. The molecule has 3 rings (SSSR count). The number of carbonyl (C=O) groups is 1. The number of hydrogen-bond acceptors (Lipinski definition) is 6. The van der Waals surface area contributed by atoms with E-state index in [9.17, 15) is 4.79 Å². The highest BCUT2D eigenvalue weighted by atomic mass is 32.1. The van der Waals surface area contributed by atoms with Crippen molar-refractivity contribution in [3.05, 3.63) is 22.8 Å². The molecule has 0 spiro atoms. The van der Waals surface area contributed by atoms with Gasteiger partial charge in [0.15, 0.2) is 5.13 Å². The molecular formula is C16H23N5O2S. The smallest absolute Gasteiger partial charge is 0.243 e. The molecule has 1 amide bonds. The molecule has 8 heteroatoms. The molecule has 7 nitrogen and oxygen atoms in total. The van der Waals surface area contributed by atoms with Crippen LogP contribution in [0.1, 0.15) is 37.1 Å². The minimum atomic E-state index is -0.245. The first-order valence-electron chi connectivity index (χ1n) is 8.06. The third-order valence-electron chi connectivity index (χ3n) is 4.57. The summed E-state index contributed by atoms with van der Waals surface area (Å²) in [5.41, 5.74) is 2.05. The number of hydrogen-bond donors (Lipinski definition) is 1. The molecule has 1 aliphatic heterocycles. The van der Waals surface area contributed by atoms with Crippen LogP contribution in [0.4, 0.5) is 5.13 Å². The number of thiazole rings is 1. The van der Waals surface area contributed by atoms with E-state index in [4.69, 9.17) is 4.74 Å². The number of rotatable bonds is 5. The van der Waals surface area contributed by atoms with Gasteiger partial charge in [-0.3, -0.25) is 9.69 Å². The summed E-state index contributed by atoms with van der Waals surface area (Å²) in [6, 6.07) is -0.101. The highest BCUT2D eigenvalue weighted by Crippen LogP contribution is 2.39. The van der Waals surface area contributed by atoms with Gasteiger partial charge in [0, 0.05) is 24.7 Å². The Balaban J connectivity index is 1.81. The predicted octanol–water partition coefficient (Wildman–Crippen LogP) is 2.36. The van der Waals surface area contributed by atoms with Crippen LogP contribution in [0.2, 0.25) is 0 Å². The summed E-state index contributed by atoms with van der Waals surface area (Å²) >= 11 is 1.43. The van der Waals surface area contributed by atoms with Crippen molar-refractivity contribution in [2.45, 2.75) is 38.8 Å². The van der Waals surface area contributed by atoms with Gasteiger partial charge in [0.25, 0.3) is 0 Å². The maximum atomic E-state index is 12.6. The van der Waals surface area contributed by atoms with Crippen molar-refractivity contribution in [2.24, 2.45) is 7.05 Å². The Labute approximate surface area is 145 Å². The molecule has 2 aromatic heterocycles. The second-order valence-corrected chi connectivity index (χ2v) is 6.92. The molecule has 2 aromatic rings. The Hall–Kier alpha value is -1.93. The van der Waals surface area contributed by atoms with Gasteiger partial charge < -0.3 is 10.1 Å². The molecule has 2 unspecified atom stereocenters. The molecule has 0 saturated carbocycles. The minimum absolute atomic E-state index is 0.0302. The van der Waals surface area contributed by atoms with Crippen LogP contribution in [-0.2, 0) is 11.8 Å². The molecule has 2 atom stereocenters. The molecule has 3 heterocycles. The molecule has 24 heavy (non-hydrogen) atoms. The Kier molecular flexibility index (Phi) is 4.86. The standard InChI is InChI=1S/C16H23N5O2S/c1-10-13(15(23-4)20(3)19-10)12-6-5-8-21(12)11(2)14(22)18-16-17-7-9-24-16/h7,9,11-12H,5-6,8H2,1-4H3,(H,17,18,22). The number of nitrogens with one attached hydrogen (secondary N) is 1. The first-order valence-corrected chi connectivity index (χ1v) is 8.94. The fourth-order valence-electron chi connectivity index (χ4n) is 3.49. The average Bonchev–Trinajstić information content (AvgIpc) is 3.26. The number of carbonyl (C=O) groups excluding carboxylic acids is 1. The summed E-state index contributed by atoms with van der Waals surface area (Å²) in [5.74, 6) is 0.745. The number of amides is 1. The molecule has 1 saturated heterocycles. The van der Waals surface area contributed by atoms with Crippen molar-refractivity contribution < 1.29 is 9.53 Å². The number of aryl methyl sites for hydroxylation is 2. The van der Waals surface area contributed by atoms with Gasteiger partial charge in [0.1, 0.15) is 0 Å².